The van der Waals surface area contributed by atoms with Crippen LogP contribution in [-0.4, -0.2) is 18.2 Å². The Balaban J connectivity index is 2.22. The molecular formula is C10H15NO2. The second kappa shape index (κ2) is 3.16. The highest BCUT2D eigenvalue weighted by molar-refractivity contribution is 5.14. The molecule has 2 heterocycles. The van der Waals surface area contributed by atoms with Gasteiger partial charge in [0.25, 0.3) is 0 Å². The molecule has 0 spiro atoms. The molecule has 0 aliphatic carbocycles. The Morgan fingerprint density at radius 1 is 1.54 bits per heavy atom. The van der Waals surface area contributed by atoms with E-state index in [0.717, 1.165) is 25.1 Å². The van der Waals surface area contributed by atoms with Gasteiger partial charge >= 0.3 is 0 Å². The lowest BCUT2D eigenvalue weighted by atomic mass is 9.92. The second-order valence-corrected chi connectivity index (χ2v) is 3.72. The smallest absolute Gasteiger partial charge is 0.137 e. The highest BCUT2D eigenvalue weighted by Gasteiger charge is 2.33. The van der Waals surface area contributed by atoms with E-state index in [2.05, 4.69) is 5.32 Å². The van der Waals surface area contributed by atoms with Crippen LogP contribution in [0, 0.1) is 6.92 Å². The van der Waals surface area contributed by atoms with Gasteiger partial charge in [0.2, 0.25) is 0 Å². The summed E-state index contributed by atoms with van der Waals surface area (Å²) in [5.74, 6) is 1.55. The normalized spacial score (nSPS) is 29.1. The number of nitrogens with one attached hydrogen (secondary N) is 1. The van der Waals surface area contributed by atoms with Gasteiger partial charge < -0.3 is 14.8 Å². The molecule has 0 amide bonds. The number of furan rings is 1. The van der Waals surface area contributed by atoms with Crippen LogP contribution in [0.3, 0.4) is 0 Å². The minimum Gasteiger partial charge on any atom is -0.463 e. The van der Waals surface area contributed by atoms with E-state index in [0.29, 0.717) is 12.3 Å². The molecule has 0 bridgehead atoms. The SMILES string of the molecule is Cc1ccc(C2(O)CCCNC2)o1. The number of piperidine rings is 1. The summed E-state index contributed by atoms with van der Waals surface area (Å²) in [6.07, 6.45) is 1.78. The highest BCUT2D eigenvalue weighted by atomic mass is 16.4. The van der Waals surface area contributed by atoms with Gasteiger partial charge in [0, 0.05) is 6.54 Å². The summed E-state index contributed by atoms with van der Waals surface area (Å²) in [6, 6.07) is 3.75. The molecule has 0 aromatic carbocycles. The lowest BCUT2D eigenvalue weighted by Crippen LogP contribution is -2.42. The molecule has 1 atom stereocenters. The topological polar surface area (TPSA) is 45.4 Å². The van der Waals surface area contributed by atoms with Crippen LogP contribution in [-0.2, 0) is 5.60 Å². The fraction of sp³-hybridized carbons (Fsp3) is 0.600. The number of aliphatic hydroxyl groups is 1. The van der Waals surface area contributed by atoms with Gasteiger partial charge in [0.1, 0.15) is 17.1 Å². The molecule has 0 radical (unpaired) electrons. The van der Waals surface area contributed by atoms with Gasteiger partial charge in [-0.3, -0.25) is 0 Å². The average Bonchev–Trinajstić information content (AvgIpc) is 2.54. The van der Waals surface area contributed by atoms with Crippen molar-refractivity contribution in [3.05, 3.63) is 23.7 Å². The first kappa shape index (κ1) is 8.78. The molecule has 1 saturated heterocycles. The Hall–Kier alpha value is -0.800. The first-order valence-electron chi connectivity index (χ1n) is 4.71. The third-order valence-corrected chi connectivity index (χ3v) is 2.56. The Morgan fingerprint density at radius 2 is 2.38 bits per heavy atom. The van der Waals surface area contributed by atoms with Crippen molar-refractivity contribution in [3.63, 3.8) is 0 Å². The fourth-order valence-corrected chi connectivity index (χ4v) is 1.78. The van der Waals surface area contributed by atoms with E-state index < -0.39 is 5.60 Å². The third kappa shape index (κ3) is 1.62. The van der Waals surface area contributed by atoms with E-state index in [-0.39, 0.29) is 0 Å². The van der Waals surface area contributed by atoms with Gasteiger partial charge in [-0.15, -0.1) is 0 Å². The van der Waals surface area contributed by atoms with Crippen molar-refractivity contribution >= 4 is 0 Å². The highest BCUT2D eigenvalue weighted by Crippen LogP contribution is 2.29. The Kier molecular flexibility index (Phi) is 2.14. The lowest BCUT2D eigenvalue weighted by Gasteiger charge is -2.30. The van der Waals surface area contributed by atoms with Crippen molar-refractivity contribution in [2.24, 2.45) is 0 Å². The number of aryl methyl sites for hydroxylation is 1. The zero-order valence-corrected chi connectivity index (χ0v) is 7.84. The molecule has 3 heteroatoms. The Morgan fingerprint density at radius 3 is 2.92 bits per heavy atom. The summed E-state index contributed by atoms with van der Waals surface area (Å²) in [5.41, 5.74) is -0.785. The number of hydrogen-bond donors (Lipinski definition) is 2. The lowest BCUT2D eigenvalue weighted by molar-refractivity contribution is -0.00799. The molecule has 72 valence electrons. The van der Waals surface area contributed by atoms with Crippen LogP contribution in [0.15, 0.2) is 16.5 Å². The minimum atomic E-state index is -0.785. The summed E-state index contributed by atoms with van der Waals surface area (Å²) < 4.78 is 5.44. The molecule has 0 saturated carbocycles. The quantitative estimate of drug-likeness (QED) is 0.683. The van der Waals surface area contributed by atoms with E-state index in [9.17, 15) is 5.11 Å². The molecule has 1 aromatic heterocycles. The minimum absolute atomic E-state index is 0.597. The summed E-state index contributed by atoms with van der Waals surface area (Å²) in [7, 11) is 0. The number of hydrogen-bond acceptors (Lipinski definition) is 3. The average molecular weight is 181 g/mol. The zero-order chi connectivity index (χ0) is 9.31. The van der Waals surface area contributed by atoms with Crippen molar-refractivity contribution in [2.45, 2.75) is 25.4 Å². The van der Waals surface area contributed by atoms with Gasteiger partial charge in [-0.25, -0.2) is 0 Å². The van der Waals surface area contributed by atoms with E-state index in [1.54, 1.807) is 0 Å². The zero-order valence-electron chi connectivity index (χ0n) is 7.84. The van der Waals surface area contributed by atoms with Gasteiger partial charge in [-0.05, 0) is 38.4 Å². The van der Waals surface area contributed by atoms with E-state index >= 15 is 0 Å². The van der Waals surface area contributed by atoms with E-state index in [1.165, 1.54) is 0 Å². The van der Waals surface area contributed by atoms with Crippen LogP contribution in [0.4, 0.5) is 0 Å². The predicted molar refractivity (Wildman–Crippen MR) is 49.4 cm³/mol. The van der Waals surface area contributed by atoms with Crippen LogP contribution >= 0.6 is 0 Å². The molecule has 1 fully saturated rings. The monoisotopic (exact) mass is 181 g/mol. The first-order valence-corrected chi connectivity index (χ1v) is 4.71. The summed E-state index contributed by atoms with van der Waals surface area (Å²) >= 11 is 0. The van der Waals surface area contributed by atoms with Crippen LogP contribution in [0.2, 0.25) is 0 Å². The van der Waals surface area contributed by atoms with E-state index in [1.807, 2.05) is 19.1 Å². The van der Waals surface area contributed by atoms with Gasteiger partial charge in [-0.2, -0.15) is 0 Å². The van der Waals surface area contributed by atoms with Crippen molar-refractivity contribution < 1.29 is 9.52 Å². The van der Waals surface area contributed by atoms with Crippen LogP contribution < -0.4 is 5.32 Å². The van der Waals surface area contributed by atoms with Crippen molar-refractivity contribution in [1.82, 2.24) is 5.32 Å². The largest absolute Gasteiger partial charge is 0.463 e. The van der Waals surface area contributed by atoms with Gasteiger partial charge in [0.15, 0.2) is 0 Å². The second-order valence-electron chi connectivity index (χ2n) is 3.72. The van der Waals surface area contributed by atoms with Gasteiger partial charge in [0.05, 0.1) is 0 Å². The van der Waals surface area contributed by atoms with Crippen molar-refractivity contribution in [1.29, 1.82) is 0 Å². The molecule has 1 aliphatic heterocycles. The summed E-state index contributed by atoms with van der Waals surface area (Å²) in [6.45, 7) is 3.48. The molecular weight excluding hydrogens is 166 g/mol. The Bertz CT molecular complexity index is 287. The maximum atomic E-state index is 10.2. The predicted octanol–water partition coefficient (Wildman–Crippen LogP) is 1.16. The molecule has 2 rings (SSSR count). The molecule has 3 nitrogen and oxygen atoms in total. The molecule has 13 heavy (non-hydrogen) atoms. The molecule has 1 aliphatic rings. The van der Waals surface area contributed by atoms with Crippen LogP contribution in [0.5, 0.6) is 0 Å². The molecule has 1 aromatic rings. The van der Waals surface area contributed by atoms with Crippen LogP contribution in [0.25, 0.3) is 0 Å². The number of rotatable bonds is 1. The third-order valence-electron chi connectivity index (χ3n) is 2.56. The van der Waals surface area contributed by atoms with Crippen LogP contribution in [0.1, 0.15) is 24.4 Å². The first-order chi connectivity index (χ1) is 6.21. The van der Waals surface area contributed by atoms with Crippen molar-refractivity contribution in [3.8, 4) is 0 Å². The summed E-state index contributed by atoms with van der Waals surface area (Å²) in [4.78, 5) is 0. The standard InChI is InChI=1S/C10H15NO2/c1-8-3-4-9(13-8)10(12)5-2-6-11-7-10/h3-4,11-12H,2,5-7H2,1H3. The molecule has 1 unspecified atom stereocenters. The molecule has 2 N–H and O–H groups in total. The maximum absolute atomic E-state index is 10.2. The van der Waals surface area contributed by atoms with E-state index in [4.69, 9.17) is 4.42 Å². The van der Waals surface area contributed by atoms with Gasteiger partial charge in [-0.1, -0.05) is 0 Å². The number of β-amino-alcohol motifs (C(OH)–C–C–N with tert-alkyl or cyclic N) is 1. The fourth-order valence-electron chi connectivity index (χ4n) is 1.78. The van der Waals surface area contributed by atoms with Crippen molar-refractivity contribution in [2.75, 3.05) is 13.1 Å². The Labute approximate surface area is 77.8 Å². The summed E-state index contributed by atoms with van der Waals surface area (Å²) in [5, 5.41) is 13.4. The maximum Gasteiger partial charge on any atom is 0.137 e.